The van der Waals surface area contributed by atoms with Crippen LogP contribution in [0.5, 0.6) is 5.75 Å². The van der Waals surface area contributed by atoms with E-state index in [0.717, 1.165) is 0 Å². The zero-order valence-corrected chi connectivity index (χ0v) is 9.96. The molecule has 0 spiro atoms. The number of hydrogen-bond donors (Lipinski definition) is 2. The van der Waals surface area contributed by atoms with E-state index in [2.05, 4.69) is 10.4 Å². The number of anilines is 2. The number of nitrogens with two attached hydrogens (primary N) is 1. The second-order valence-corrected chi connectivity index (χ2v) is 3.75. The van der Waals surface area contributed by atoms with Crippen LogP contribution < -0.4 is 15.8 Å². The maximum Gasteiger partial charge on any atom is 0.263 e. The van der Waals surface area contributed by atoms with Gasteiger partial charge in [-0.25, -0.2) is 0 Å². The Bertz CT molecular complexity index is 551. The SMILES string of the molecule is Cn1nccc1NC(=O)COc1cccc(N)c1. The summed E-state index contributed by atoms with van der Waals surface area (Å²) in [5.41, 5.74) is 6.20. The standard InChI is InChI=1S/C12H14N4O2/c1-16-11(5-6-14-16)15-12(17)8-18-10-4-2-3-9(13)7-10/h2-7H,8,13H2,1H3,(H,15,17). The molecular formula is C12H14N4O2. The summed E-state index contributed by atoms with van der Waals surface area (Å²) in [4.78, 5) is 11.6. The Morgan fingerprint density at radius 3 is 3.00 bits per heavy atom. The first-order valence-electron chi connectivity index (χ1n) is 5.41. The zero-order valence-electron chi connectivity index (χ0n) is 9.96. The van der Waals surface area contributed by atoms with E-state index in [1.54, 1.807) is 48.3 Å². The van der Waals surface area contributed by atoms with Crippen LogP contribution >= 0.6 is 0 Å². The van der Waals surface area contributed by atoms with Crippen molar-refractivity contribution in [1.29, 1.82) is 0 Å². The molecule has 2 rings (SSSR count). The van der Waals surface area contributed by atoms with Crippen molar-refractivity contribution in [3.63, 3.8) is 0 Å². The summed E-state index contributed by atoms with van der Waals surface area (Å²) in [5.74, 6) is 0.937. The van der Waals surface area contributed by atoms with Gasteiger partial charge in [0.2, 0.25) is 0 Å². The number of aromatic nitrogens is 2. The lowest BCUT2D eigenvalue weighted by atomic mass is 10.3. The maximum absolute atomic E-state index is 11.6. The molecule has 1 heterocycles. The molecule has 0 aliphatic carbocycles. The van der Waals surface area contributed by atoms with Gasteiger partial charge in [-0.1, -0.05) is 6.07 Å². The number of rotatable bonds is 4. The minimum Gasteiger partial charge on any atom is -0.484 e. The van der Waals surface area contributed by atoms with E-state index in [4.69, 9.17) is 10.5 Å². The third-order valence-electron chi connectivity index (χ3n) is 2.32. The van der Waals surface area contributed by atoms with Gasteiger partial charge in [0.25, 0.3) is 5.91 Å². The number of hydrogen-bond acceptors (Lipinski definition) is 4. The van der Waals surface area contributed by atoms with Gasteiger partial charge in [-0.15, -0.1) is 0 Å². The highest BCUT2D eigenvalue weighted by molar-refractivity contribution is 5.91. The zero-order chi connectivity index (χ0) is 13.0. The molecule has 0 aliphatic heterocycles. The average molecular weight is 246 g/mol. The number of carbonyl (C=O) groups is 1. The fourth-order valence-electron chi connectivity index (χ4n) is 1.43. The van der Waals surface area contributed by atoms with Crippen molar-refractivity contribution in [3.8, 4) is 5.75 Å². The Hall–Kier alpha value is -2.50. The Morgan fingerprint density at radius 1 is 1.50 bits per heavy atom. The van der Waals surface area contributed by atoms with Crippen LogP contribution in [-0.4, -0.2) is 22.3 Å². The third kappa shape index (κ3) is 3.00. The fourth-order valence-corrected chi connectivity index (χ4v) is 1.43. The van der Waals surface area contributed by atoms with Gasteiger partial charge in [-0.05, 0) is 12.1 Å². The maximum atomic E-state index is 11.6. The summed E-state index contributed by atoms with van der Waals surface area (Å²) in [6, 6.07) is 8.63. The van der Waals surface area contributed by atoms with Crippen molar-refractivity contribution in [2.45, 2.75) is 0 Å². The van der Waals surface area contributed by atoms with E-state index >= 15 is 0 Å². The number of carbonyl (C=O) groups excluding carboxylic acids is 1. The molecule has 1 amide bonds. The predicted molar refractivity (Wildman–Crippen MR) is 68.2 cm³/mol. The number of nitrogens with zero attached hydrogens (tertiary/aromatic N) is 2. The smallest absolute Gasteiger partial charge is 0.263 e. The Labute approximate surface area is 104 Å². The second-order valence-electron chi connectivity index (χ2n) is 3.75. The number of benzene rings is 1. The Morgan fingerprint density at radius 2 is 2.33 bits per heavy atom. The first-order chi connectivity index (χ1) is 8.65. The summed E-state index contributed by atoms with van der Waals surface area (Å²) in [6.07, 6.45) is 1.61. The first kappa shape index (κ1) is 12.0. The molecule has 0 fully saturated rings. The molecule has 6 heteroatoms. The average Bonchev–Trinajstić information content (AvgIpc) is 2.73. The minimum absolute atomic E-state index is 0.0748. The fraction of sp³-hybridized carbons (Fsp3) is 0.167. The normalized spacial score (nSPS) is 10.1. The van der Waals surface area contributed by atoms with Crippen molar-refractivity contribution in [3.05, 3.63) is 36.5 Å². The summed E-state index contributed by atoms with van der Waals surface area (Å²) in [6.45, 7) is -0.0748. The molecule has 6 nitrogen and oxygen atoms in total. The van der Waals surface area contributed by atoms with Crippen LogP contribution in [0.1, 0.15) is 0 Å². The molecule has 0 saturated heterocycles. The summed E-state index contributed by atoms with van der Waals surface area (Å²) < 4.78 is 6.88. The number of nitrogens with one attached hydrogen (secondary N) is 1. The lowest BCUT2D eigenvalue weighted by Gasteiger charge is -2.07. The van der Waals surface area contributed by atoms with Crippen molar-refractivity contribution in [1.82, 2.24) is 9.78 Å². The van der Waals surface area contributed by atoms with E-state index in [-0.39, 0.29) is 12.5 Å². The molecule has 2 aromatic rings. The number of nitrogen functional groups attached to an aromatic ring is 1. The van der Waals surface area contributed by atoms with Crippen LogP contribution in [0.15, 0.2) is 36.5 Å². The van der Waals surface area contributed by atoms with Crippen LogP contribution in [0.3, 0.4) is 0 Å². The van der Waals surface area contributed by atoms with Crippen molar-refractivity contribution in [2.75, 3.05) is 17.7 Å². The predicted octanol–water partition coefficient (Wildman–Crippen LogP) is 1.02. The van der Waals surface area contributed by atoms with E-state index in [0.29, 0.717) is 17.3 Å². The highest BCUT2D eigenvalue weighted by Gasteiger charge is 2.06. The number of aryl methyl sites for hydroxylation is 1. The first-order valence-corrected chi connectivity index (χ1v) is 5.41. The van der Waals surface area contributed by atoms with Crippen LogP contribution in [0.4, 0.5) is 11.5 Å². The molecular weight excluding hydrogens is 232 g/mol. The van der Waals surface area contributed by atoms with Gasteiger partial charge >= 0.3 is 0 Å². The third-order valence-corrected chi connectivity index (χ3v) is 2.32. The molecule has 0 radical (unpaired) electrons. The van der Waals surface area contributed by atoms with E-state index in [1.165, 1.54) is 0 Å². The lowest BCUT2D eigenvalue weighted by Crippen LogP contribution is -2.21. The Kier molecular flexibility index (Phi) is 3.47. The number of amides is 1. The van der Waals surface area contributed by atoms with Gasteiger partial charge in [-0.2, -0.15) is 5.10 Å². The summed E-state index contributed by atoms with van der Waals surface area (Å²) in [7, 11) is 1.74. The summed E-state index contributed by atoms with van der Waals surface area (Å²) >= 11 is 0. The molecule has 0 atom stereocenters. The molecule has 1 aromatic carbocycles. The van der Waals surface area contributed by atoms with Gasteiger partial charge in [-0.3, -0.25) is 9.48 Å². The van der Waals surface area contributed by atoms with Crippen LogP contribution in [0.25, 0.3) is 0 Å². The Balaban J connectivity index is 1.87. The molecule has 94 valence electrons. The van der Waals surface area contributed by atoms with Gasteiger partial charge in [0.1, 0.15) is 11.6 Å². The van der Waals surface area contributed by atoms with Crippen molar-refractivity contribution >= 4 is 17.4 Å². The minimum atomic E-state index is -0.249. The molecule has 0 unspecified atom stereocenters. The topological polar surface area (TPSA) is 82.2 Å². The van der Waals surface area contributed by atoms with E-state index < -0.39 is 0 Å². The van der Waals surface area contributed by atoms with Gasteiger partial charge in [0.05, 0.1) is 6.20 Å². The molecule has 0 bridgehead atoms. The molecule has 1 aromatic heterocycles. The molecule has 18 heavy (non-hydrogen) atoms. The monoisotopic (exact) mass is 246 g/mol. The van der Waals surface area contributed by atoms with Crippen LogP contribution in [0.2, 0.25) is 0 Å². The highest BCUT2D eigenvalue weighted by atomic mass is 16.5. The van der Waals surface area contributed by atoms with Gasteiger partial charge < -0.3 is 15.8 Å². The molecule has 0 aliphatic rings. The second kappa shape index (κ2) is 5.22. The highest BCUT2D eigenvalue weighted by Crippen LogP contribution is 2.14. The van der Waals surface area contributed by atoms with Crippen molar-refractivity contribution in [2.24, 2.45) is 7.05 Å². The molecule has 3 N–H and O–H groups in total. The lowest BCUT2D eigenvalue weighted by molar-refractivity contribution is -0.118. The van der Waals surface area contributed by atoms with E-state index in [1.807, 2.05) is 0 Å². The van der Waals surface area contributed by atoms with Gasteiger partial charge in [0.15, 0.2) is 6.61 Å². The molecule has 0 saturated carbocycles. The van der Waals surface area contributed by atoms with Gasteiger partial charge in [0, 0.05) is 24.9 Å². The van der Waals surface area contributed by atoms with Crippen LogP contribution in [-0.2, 0) is 11.8 Å². The number of ether oxygens (including phenoxy) is 1. The van der Waals surface area contributed by atoms with Crippen molar-refractivity contribution < 1.29 is 9.53 Å². The van der Waals surface area contributed by atoms with E-state index in [9.17, 15) is 4.79 Å². The quantitative estimate of drug-likeness (QED) is 0.789. The summed E-state index contributed by atoms with van der Waals surface area (Å²) in [5, 5.41) is 6.62. The van der Waals surface area contributed by atoms with Crippen LogP contribution in [0, 0.1) is 0 Å². The largest absolute Gasteiger partial charge is 0.484 e.